The van der Waals surface area contributed by atoms with Crippen LogP contribution in [0.3, 0.4) is 0 Å². The number of aromatic hydroxyl groups is 1. The predicted octanol–water partition coefficient (Wildman–Crippen LogP) is 3.98. The van der Waals surface area contributed by atoms with Crippen LogP contribution in [-0.2, 0) is 0 Å². The van der Waals surface area contributed by atoms with Gasteiger partial charge >= 0.3 is 5.69 Å². The SMILES string of the molecule is O=c1[nH]c2cc(Cl)cc(Cl)c2n1-c1cc(Cl)ccc1O. The lowest BCUT2D eigenvalue weighted by atomic mass is 10.2. The highest BCUT2D eigenvalue weighted by atomic mass is 35.5. The highest BCUT2D eigenvalue weighted by Crippen LogP contribution is 2.31. The molecule has 3 rings (SSSR count). The fourth-order valence-corrected chi connectivity index (χ4v) is 2.81. The number of fused-ring (bicyclic) bond motifs is 1. The monoisotopic (exact) mass is 328 g/mol. The van der Waals surface area contributed by atoms with E-state index in [0.29, 0.717) is 26.1 Å². The van der Waals surface area contributed by atoms with Gasteiger partial charge in [-0.15, -0.1) is 0 Å². The molecule has 7 heteroatoms. The summed E-state index contributed by atoms with van der Waals surface area (Å²) in [6, 6.07) is 7.53. The van der Waals surface area contributed by atoms with Gasteiger partial charge in [0.2, 0.25) is 0 Å². The van der Waals surface area contributed by atoms with Gasteiger partial charge in [0.15, 0.2) is 0 Å². The first-order chi connectivity index (χ1) is 9.47. The van der Waals surface area contributed by atoms with Crippen molar-refractivity contribution in [2.24, 2.45) is 0 Å². The Morgan fingerprint density at radius 3 is 2.55 bits per heavy atom. The number of imidazole rings is 1. The number of nitrogens with one attached hydrogen (secondary N) is 1. The second kappa shape index (κ2) is 4.74. The van der Waals surface area contributed by atoms with E-state index >= 15 is 0 Å². The quantitative estimate of drug-likeness (QED) is 0.709. The van der Waals surface area contributed by atoms with Crippen molar-refractivity contribution in [1.82, 2.24) is 9.55 Å². The van der Waals surface area contributed by atoms with Crippen LogP contribution < -0.4 is 5.69 Å². The zero-order valence-electron chi connectivity index (χ0n) is 9.82. The second-order valence-electron chi connectivity index (χ2n) is 4.18. The number of nitrogens with zero attached hydrogens (tertiary/aromatic N) is 1. The standard InChI is InChI=1S/C13H7Cl3N2O2/c14-6-1-2-11(19)10(5-6)18-12-8(16)3-7(15)4-9(12)17-13(18)20/h1-5,19H,(H,17,20). The van der Waals surface area contributed by atoms with E-state index in [4.69, 9.17) is 34.8 Å². The Morgan fingerprint density at radius 2 is 1.80 bits per heavy atom. The van der Waals surface area contributed by atoms with Gasteiger partial charge in [-0.3, -0.25) is 4.57 Å². The van der Waals surface area contributed by atoms with Gasteiger partial charge in [0.1, 0.15) is 5.75 Å². The van der Waals surface area contributed by atoms with Crippen molar-refractivity contribution in [3.05, 3.63) is 55.9 Å². The molecule has 20 heavy (non-hydrogen) atoms. The minimum absolute atomic E-state index is 0.0802. The molecular formula is C13H7Cl3N2O2. The molecule has 0 amide bonds. The number of hydrogen-bond donors (Lipinski definition) is 2. The number of rotatable bonds is 1. The molecule has 2 aromatic carbocycles. The molecule has 0 fully saturated rings. The second-order valence-corrected chi connectivity index (χ2v) is 5.46. The number of hydrogen-bond acceptors (Lipinski definition) is 2. The van der Waals surface area contributed by atoms with E-state index in [1.54, 1.807) is 6.07 Å². The normalized spacial score (nSPS) is 11.2. The van der Waals surface area contributed by atoms with Gasteiger partial charge in [-0.05, 0) is 30.3 Å². The van der Waals surface area contributed by atoms with Crippen molar-refractivity contribution in [1.29, 1.82) is 0 Å². The van der Waals surface area contributed by atoms with Crippen LogP contribution in [-0.4, -0.2) is 14.7 Å². The molecule has 0 atom stereocenters. The number of phenols is 1. The first-order valence-electron chi connectivity index (χ1n) is 5.56. The van der Waals surface area contributed by atoms with E-state index < -0.39 is 5.69 Å². The van der Waals surface area contributed by atoms with E-state index in [-0.39, 0.29) is 11.4 Å². The zero-order chi connectivity index (χ0) is 14.4. The molecule has 0 aliphatic carbocycles. The summed E-state index contributed by atoms with van der Waals surface area (Å²) in [5, 5.41) is 11.0. The van der Waals surface area contributed by atoms with Crippen molar-refractivity contribution >= 4 is 45.8 Å². The summed E-state index contributed by atoms with van der Waals surface area (Å²) in [7, 11) is 0. The molecule has 0 bridgehead atoms. The molecule has 1 heterocycles. The molecule has 3 aromatic rings. The third-order valence-electron chi connectivity index (χ3n) is 2.87. The summed E-state index contributed by atoms with van der Waals surface area (Å²) in [5.74, 6) is -0.0802. The number of phenolic OH excluding ortho intramolecular Hbond substituents is 1. The first-order valence-corrected chi connectivity index (χ1v) is 6.69. The maximum Gasteiger partial charge on any atom is 0.331 e. The molecule has 0 aliphatic heterocycles. The lowest BCUT2D eigenvalue weighted by Gasteiger charge is -2.07. The van der Waals surface area contributed by atoms with Crippen LogP contribution in [0.1, 0.15) is 0 Å². The van der Waals surface area contributed by atoms with Gasteiger partial charge < -0.3 is 10.1 Å². The maximum absolute atomic E-state index is 12.1. The molecular weight excluding hydrogens is 323 g/mol. The summed E-state index contributed by atoms with van der Waals surface area (Å²) in [6.07, 6.45) is 0. The highest BCUT2D eigenvalue weighted by molar-refractivity contribution is 6.38. The van der Waals surface area contributed by atoms with Crippen LogP contribution >= 0.6 is 34.8 Å². The zero-order valence-corrected chi connectivity index (χ0v) is 12.1. The van der Waals surface area contributed by atoms with Gasteiger partial charge in [0.25, 0.3) is 0 Å². The van der Waals surface area contributed by atoms with E-state index in [1.807, 2.05) is 0 Å². The Morgan fingerprint density at radius 1 is 1.05 bits per heavy atom. The molecule has 0 spiro atoms. The molecule has 1 aromatic heterocycles. The Bertz CT molecular complexity index is 883. The van der Waals surface area contributed by atoms with Gasteiger partial charge in [0, 0.05) is 10.0 Å². The van der Waals surface area contributed by atoms with Gasteiger partial charge in [-0.2, -0.15) is 0 Å². The Balaban J connectivity index is 2.45. The minimum Gasteiger partial charge on any atom is -0.506 e. The lowest BCUT2D eigenvalue weighted by molar-refractivity contribution is 0.472. The summed E-state index contributed by atoms with van der Waals surface area (Å²) < 4.78 is 1.26. The van der Waals surface area contributed by atoms with Crippen molar-refractivity contribution in [2.45, 2.75) is 0 Å². The molecule has 0 radical (unpaired) electrons. The average Bonchev–Trinajstić information content (AvgIpc) is 2.68. The maximum atomic E-state index is 12.1. The molecule has 0 saturated heterocycles. The Labute approximate surface area is 128 Å². The smallest absolute Gasteiger partial charge is 0.331 e. The Kier molecular flexibility index (Phi) is 3.17. The summed E-state index contributed by atoms with van der Waals surface area (Å²) in [4.78, 5) is 14.8. The molecule has 2 N–H and O–H groups in total. The average molecular weight is 330 g/mol. The number of H-pyrrole nitrogens is 1. The predicted molar refractivity (Wildman–Crippen MR) is 80.6 cm³/mol. The molecule has 4 nitrogen and oxygen atoms in total. The van der Waals surface area contributed by atoms with Crippen LogP contribution in [0.4, 0.5) is 0 Å². The van der Waals surface area contributed by atoms with Crippen molar-refractivity contribution < 1.29 is 5.11 Å². The number of halogens is 3. The third kappa shape index (κ3) is 2.06. The van der Waals surface area contributed by atoms with Crippen LogP contribution in [0.5, 0.6) is 5.75 Å². The van der Waals surface area contributed by atoms with Gasteiger partial charge in [0.05, 0.1) is 21.7 Å². The largest absolute Gasteiger partial charge is 0.506 e. The summed E-state index contributed by atoms with van der Waals surface area (Å²) in [5.41, 5.74) is 0.713. The summed E-state index contributed by atoms with van der Waals surface area (Å²) >= 11 is 18.0. The van der Waals surface area contributed by atoms with Crippen molar-refractivity contribution in [3.8, 4) is 11.4 Å². The van der Waals surface area contributed by atoms with E-state index in [9.17, 15) is 9.90 Å². The highest BCUT2D eigenvalue weighted by Gasteiger charge is 2.15. The first kappa shape index (κ1) is 13.4. The van der Waals surface area contributed by atoms with E-state index in [2.05, 4.69) is 4.98 Å². The molecule has 0 aliphatic rings. The van der Waals surface area contributed by atoms with Gasteiger partial charge in [-0.25, -0.2) is 4.79 Å². The van der Waals surface area contributed by atoms with Crippen molar-refractivity contribution in [2.75, 3.05) is 0 Å². The van der Waals surface area contributed by atoms with Crippen LogP contribution in [0.2, 0.25) is 15.1 Å². The van der Waals surface area contributed by atoms with Crippen LogP contribution in [0.25, 0.3) is 16.7 Å². The number of aromatic nitrogens is 2. The molecule has 0 saturated carbocycles. The van der Waals surface area contributed by atoms with Crippen LogP contribution in [0, 0.1) is 0 Å². The van der Waals surface area contributed by atoms with Gasteiger partial charge in [-0.1, -0.05) is 34.8 Å². The molecule has 102 valence electrons. The summed E-state index contributed by atoms with van der Waals surface area (Å²) in [6.45, 7) is 0. The van der Waals surface area contributed by atoms with Crippen LogP contribution in [0.15, 0.2) is 35.1 Å². The lowest BCUT2D eigenvalue weighted by Crippen LogP contribution is -2.14. The van der Waals surface area contributed by atoms with Crippen molar-refractivity contribution in [3.63, 3.8) is 0 Å². The minimum atomic E-state index is -0.443. The fourth-order valence-electron chi connectivity index (χ4n) is 2.07. The topological polar surface area (TPSA) is 58.0 Å². The fraction of sp³-hybridized carbons (Fsp3) is 0. The Hall–Kier alpha value is -1.62. The van der Waals surface area contributed by atoms with E-state index in [0.717, 1.165) is 0 Å². The molecule has 0 unspecified atom stereocenters. The van der Waals surface area contributed by atoms with E-state index in [1.165, 1.54) is 28.8 Å². The number of aromatic amines is 1. The third-order valence-corrected chi connectivity index (χ3v) is 3.62. The number of benzene rings is 2.